The minimum absolute atomic E-state index is 0.194. The van der Waals surface area contributed by atoms with Crippen molar-refractivity contribution < 1.29 is 19.1 Å². The maximum absolute atomic E-state index is 12.8. The third-order valence-corrected chi connectivity index (χ3v) is 6.07. The molecule has 1 heterocycles. The molecule has 0 bridgehead atoms. The standard InChI is InChI=1S/C24H24N2O4S2/c1-16-5-3-6-17(15-16)22(27)26-20(12-14-31-2)24(29)30-19-10-8-18(9-11-19)25-23(28)21-7-4-13-32-21/h3-11,13,15,20H,12,14H2,1-2H3,(H,25,28)(H,26,27). The summed E-state index contributed by atoms with van der Waals surface area (Å²) in [7, 11) is 0. The van der Waals surface area contributed by atoms with Gasteiger partial charge in [-0.05, 0) is 73.2 Å². The number of ether oxygens (including phenoxy) is 1. The van der Waals surface area contributed by atoms with Crippen LogP contribution in [0.3, 0.4) is 0 Å². The molecule has 6 nitrogen and oxygen atoms in total. The van der Waals surface area contributed by atoms with Crippen LogP contribution in [0.15, 0.2) is 66.0 Å². The molecule has 1 unspecified atom stereocenters. The summed E-state index contributed by atoms with van der Waals surface area (Å²) in [4.78, 5) is 38.1. The van der Waals surface area contributed by atoms with Crippen LogP contribution in [0, 0.1) is 6.92 Å². The Balaban J connectivity index is 1.62. The van der Waals surface area contributed by atoms with E-state index >= 15 is 0 Å². The second-order valence-corrected chi connectivity index (χ2v) is 8.99. The van der Waals surface area contributed by atoms with Gasteiger partial charge in [-0.2, -0.15) is 11.8 Å². The summed E-state index contributed by atoms with van der Waals surface area (Å²) in [6, 6.07) is 16.5. The topological polar surface area (TPSA) is 84.5 Å². The van der Waals surface area contributed by atoms with Gasteiger partial charge in [-0.25, -0.2) is 4.79 Å². The summed E-state index contributed by atoms with van der Waals surface area (Å²) in [6.45, 7) is 1.91. The number of thiophene rings is 1. The predicted octanol–water partition coefficient (Wildman–Crippen LogP) is 4.77. The zero-order valence-electron chi connectivity index (χ0n) is 17.8. The van der Waals surface area contributed by atoms with Crippen LogP contribution in [0.1, 0.15) is 32.0 Å². The zero-order valence-corrected chi connectivity index (χ0v) is 19.4. The van der Waals surface area contributed by atoms with E-state index in [2.05, 4.69) is 10.6 Å². The molecule has 2 aromatic carbocycles. The van der Waals surface area contributed by atoms with Crippen LogP contribution in [0.4, 0.5) is 5.69 Å². The van der Waals surface area contributed by atoms with Crippen molar-refractivity contribution in [1.82, 2.24) is 5.32 Å². The molecule has 0 radical (unpaired) electrons. The van der Waals surface area contributed by atoms with Gasteiger partial charge in [-0.15, -0.1) is 11.3 Å². The number of benzene rings is 2. The van der Waals surface area contributed by atoms with E-state index in [1.807, 2.05) is 30.7 Å². The number of carbonyl (C=O) groups is 3. The first-order chi connectivity index (χ1) is 15.5. The van der Waals surface area contributed by atoms with Crippen LogP contribution < -0.4 is 15.4 Å². The van der Waals surface area contributed by atoms with Gasteiger partial charge in [0.25, 0.3) is 11.8 Å². The SMILES string of the molecule is CSCCC(NC(=O)c1cccc(C)c1)C(=O)Oc1ccc(NC(=O)c2cccs2)cc1. The van der Waals surface area contributed by atoms with Crippen molar-refractivity contribution >= 4 is 46.6 Å². The molecule has 3 rings (SSSR count). The molecular formula is C24H24N2O4S2. The number of carbonyl (C=O) groups excluding carboxylic acids is 3. The van der Waals surface area contributed by atoms with E-state index < -0.39 is 12.0 Å². The molecule has 0 saturated heterocycles. The number of amides is 2. The first-order valence-corrected chi connectivity index (χ1v) is 12.3. The van der Waals surface area contributed by atoms with E-state index in [0.717, 1.165) is 5.56 Å². The van der Waals surface area contributed by atoms with Crippen molar-refractivity contribution in [3.8, 4) is 5.75 Å². The van der Waals surface area contributed by atoms with Gasteiger partial charge in [-0.1, -0.05) is 23.8 Å². The van der Waals surface area contributed by atoms with Crippen LogP contribution >= 0.6 is 23.1 Å². The summed E-state index contributed by atoms with van der Waals surface area (Å²) in [6.07, 6.45) is 2.39. The molecule has 166 valence electrons. The number of hydrogen-bond acceptors (Lipinski definition) is 6. The number of anilines is 1. The molecule has 0 aliphatic rings. The Morgan fingerprint density at radius 1 is 1.03 bits per heavy atom. The number of aryl methyl sites for hydroxylation is 1. The Kier molecular flexibility index (Phi) is 8.47. The highest BCUT2D eigenvalue weighted by molar-refractivity contribution is 7.98. The van der Waals surface area contributed by atoms with E-state index in [0.29, 0.717) is 34.1 Å². The molecule has 8 heteroatoms. The Morgan fingerprint density at radius 3 is 2.47 bits per heavy atom. The molecule has 0 aliphatic carbocycles. The molecule has 2 amide bonds. The van der Waals surface area contributed by atoms with Crippen LogP contribution in [-0.4, -0.2) is 35.8 Å². The third-order valence-electron chi connectivity index (χ3n) is 4.56. The smallest absolute Gasteiger partial charge is 0.334 e. The number of rotatable bonds is 9. The second kappa shape index (κ2) is 11.5. The van der Waals surface area contributed by atoms with Crippen molar-refractivity contribution in [2.45, 2.75) is 19.4 Å². The highest BCUT2D eigenvalue weighted by Gasteiger charge is 2.23. The quantitative estimate of drug-likeness (QED) is 0.349. The molecule has 3 aromatic rings. The molecule has 0 saturated carbocycles. The van der Waals surface area contributed by atoms with Gasteiger partial charge >= 0.3 is 5.97 Å². The lowest BCUT2D eigenvalue weighted by Crippen LogP contribution is -2.43. The monoisotopic (exact) mass is 468 g/mol. The predicted molar refractivity (Wildman–Crippen MR) is 130 cm³/mol. The van der Waals surface area contributed by atoms with E-state index in [4.69, 9.17) is 4.74 Å². The van der Waals surface area contributed by atoms with Crippen LogP contribution in [0.5, 0.6) is 5.75 Å². The Labute approximate surface area is 195 Å². The highest BCUT2D eigenvalue weighted by atomic mass is 32.2. The lowest BCUT2D eigenvalue weighted by molar-refractivity contribution is -0.136. The zero-order chi connectivity index (χ0) is 22.9. The van der Waals surface area contributed by atoms with Gasteiger partial charge in [0.1, 0.15) is 11.8 Å². The molecule has 2 N–H and O–H groups in total. The van der Waals surface area contributed by atoms with Crippen molar-refractivity contribution in [3.05, 3.63) is 82.0 Å². The Hall–Kier alpha value is -3.10. The largest absolute Gasteiger partial charge is 0.425 e. The fourth-order valence-electron chi connectivity index (χ4n) is 2.91. The van der Waals surface area contributed by atoms with E-state index in [9.17, 15) is 14.4 Å². The van der Waals surface area contributed by atoms with Crippen molar-refractivity contribution in [2.24, 2.45) is 0 Å². The lowest BCUT2D eigenvalue weighted by atomic mass is 10.1. The fourth-order valence-corrected chi connectivity index (χ4v) is 4.00. The van der Waals surface area contributed by atoms with Crippen molar-refractivity contribution in [2.75, 3.05) is 17.3 Å². The van der Waals surface area contributed by atoms with Crippen molar-refractivity contribution in [3.63, 3.8) is 0 Å². The molecule has 32 heavy (non-hydrogen) atoms. The first kappa shape index (κ1) is 23.6. The molecule has 1 aromatic heterocycles. The van der Waals surface area contributed by atoms with E-state index in [-0.39, 0.29) is 11.8 Å². The third kappa shape index (κ3) is 6.70. The van der Waals surface area contributed by atoms with Crippen LogP contribution in [0.25, 0.3) is 0 Å². The summed E-state index contributed by atoms with van der Waals surface area (Å²) in [5, 5.41) is 7.42. The summed E-state index contributed by atoms with van der Waals surface area (Å²) < 4.78 is 5.49. The van der Waals surface area contributed by atoms with Gasteiger partial charge in [0.15, 0.2) is 0 Å². The molecule has 0 fully saturated rings. The van der Waals surface area contributed by atoms with Gasteiger partial charge in [0, 0.05) is 11.3 Å². The molecular weight excluding hydrogens is 444 g/mol. The average Bonchev–Trinajstić information content (AvgIpc) is 3.33. The lowest BCUT2D eigenvalue weighted by Gasteiger charge is -2.17. The van der Waals surface area contributed by atoms with Crippen LogP contribution in [0.2, 0.25) is 0 Å². The fraction of sp³-hybridized carbons (Fsp3) is 0.208. The van der Waals surface area contributed by atoms with Gasteiger partial charge in [0.05, 0.1) is 4.88 Å². The maximum atomic E-state index is 12.8. The number of esters is 1. The summed E-state index contributed by atoms with van der Waals surface area (Å²) in [5.41, 5.74) is 2.06. The maximum Gasteiger partial charge on any atom is 0.334 e. The van der Waals surface area contributed by atoms with E-state index in [1.54, 1.807) is 60.3 Å². The number of nitrogens with one attached hydrogen (secondary N) is 2. The van der Waals surface area contributed by atoms with Gasteiger partial charge < -0.3 is 15.4 Å². The molecule has 0 aliphatic heterocycles. The Bertz CT molecular complexity index is 1070. The van der Waals surface area contributed by atoms with E-state index in [1.165, 1.54) is 11.3 Å². The molecule has 1 atom stereocenters. The normalized spacial score (nSPS) is 11.4. The summed E-state index contributed by atoms with van der Waals surface area (Å²) >= 11 is 2.94. The minimum atomic E-state index is -0.770. The second-order valence-electron chi connectivity index (χ2n) is 7.05. The number of hydrogen-bond donors (Lipinski definition) is 2. The summed E-state index contributed by atoms with van der Waals surface area (Å²) in [5.74, 6) is -0.00991. The average molecular weight is 469 g/mol. The van der Waals surface area contributed by atoms with Gasteiger partial charge in [-0.3, -0.25) is 9.59 Å². The van der Waals surface area contributed by atoms with Crippen LogP contribution in [-0.2, 0) is 4.79 Å². The minimum Gasteiger partial charge on any atom is -0.425 e. The molecule has 0 spiro atoms. The number of thioether (sulfide) groups is 1. The Morgan fingerprint density at radius 2 is 1.81 bits per heavy atom. The van der Waals surface area contributed by atoms with Gasteiger partial charge in [0.2, 0.25) is 0 Å². The van der Waals surface area contributed by atoms with Crippen molar-refractivity contribution in [1.29, 1.82) is 0 Å². The highest BCUT2D eigenvalue weighted by Crippen LogP contribution is 2.19. The first-order valence-electron chi connectivity index (χ1n) is 9.99.